The fourth-order valence-electron chi connectivity index (χ4n) is 2.20. The van der Waals surface area contributed by atoms with Gasteiger partial charge in [-0.1, -0.05) is 23.7 Å². The Morgan fingerprint density at radius 3 is 2.76 bits per heavy atom. The van der Waals surface area contributed by atoms with Gasteiger partial charge in [0.05, 0.1) is 10.5 Å². The van der Waals surface area contributed by atoms with Crippen LogP contribution in [0.3, 0.4) is 0 Å². The molecule has 0 saturated carbocycles. The first-order valence-electron chi connectivity index (χ1n) is 6.44. The van der Waals surface area contributed by atoms with Crippen molar-refractivity contribution in [2.75, 3.05) is 5.32 Å². The molecule has 0 unspecified atom stereocenters. The van der Waals surface area contributed by atoms with Crippen LogP contribution in [0.25, 0.3) is 10.9 Å². The Bertz CT molecular complexity index is 805. The number of benzene rings is 2. The van der Waals surface area contributed by atoms with Crippen LogP contribution in [0.2, 0.25) is 5.02 Å². The number of fused-ring (bicyclic) bond motifs is 1. The van der Waals surface area contributed by atoms with E-state index >= 15 is 0 Å². The van der Waals surface area contributed by atoms with E-state index in [1.165, 1.54) is 6.07 Å². The molecule has 5 heteroatoms. The molecule has 3 aromatic rings. The van der Waals surface area contributed by atoms with Gasteiger partial charge in [-0.3, -0.25) is 4.98 Å². The van der Waals surface area contributed by atoms with E-state index < -0.39 is 0 Å². The second kappa shape index (κ2) is 5.50. The molecule has 4 nitrogen and oxygen atoms in total. The van der Waals surface area contributed by atoms with Gasteiger partial charge in [0.15, 0.2) is 11.5 Å². The number of aromatic nitrogens is 1. The normalized spacial score (nSPS) is 10.7. The summed E-state index contributed by atoms with van der Waals surface area (Å²) in [5.41, 5.74) is 2.21. The number of halogens is 1. The second-order valence-corrected chi connectivity index (χ2v) is 5.04. The average molecular weight is 301 g/mol. The van der Waals surface area contributed by atoms with E-state index in [-0.39, 0.29) is 11.5 Å². The molecule has 0 atom stereocenters. The van der Waals surface area contributed by atoms with Crippen molar-refractivity contribution in [3.63, 3.8) is 0 Å². The first-order chi connectivity index (χ1) is 10.2. The predicted octanol–water partition coefficient (Wildman–Crippen LogP) is 3.91. The highest BCUT2D eigenvalue weighted by Crippen LogP contribution is 2.31. The molecule has 0 spiro atoms. The first-order valence-corrected chi connectivity index (χ1v) is 6.81. The Labute approximate surface area is 126 Å². The third kappa shape index (κ3) is 2.58. The SMILES string of the molecule is Oc1cccc(CNc2ccc(Cl)c3ncccc23)c1O. The Balaban J connectivity index is 1.92. The van der Waals surface area contributed by atoms with Gasteiger partial charge in [0, 0.05) is 29.4 Å². The number of hydrogen-bond donors (Lipinski definition) is 3. The molecule has 0 aliphatic heterocycles. The lowest BCUT2D eigenvalue weighted by Gasteiger charge is -2.11. The lowest BCUT2D eigenvalue weighted by molar-refractivity contribution is 0.400. The van der Waals surface area contributed by atoms with Crippen LogP contribution in [0.5, 0.6) is 11.5 Å². The lowest BCUT2D eigenvalue weighted by atomic mass is 10.1. The number of pyridine rings is 1. The summed E-state index contributed by atoms with van der Waals surface area (Å²) in [6.45, 7) is 0.381. The molecule has 0 radical (unpaired) electrons. The van der Waals surface area contributed by atoms with Crippen LogP contribution in [0, 0.1) is 0 Å². The number of anilines is 1. The number of rotatable bonds is 3. The fraction of sp³-hybridized carbons (Fsp3) is 0.0625. The minimum Gasteiger partial charge on any atom is -0.504 e. The molecule has 106 valence electrons. The standard InChI is InChI=1S/C16H13ClN2O2/c17-12-6-7-13(11-4-2-8-18-15(11)12)19-9-10-3-1-5-14(20)16(10)21/h1-8,19-21H,9H2. The van der Waals surface area contributed by atoms with Crippen LogP contribution in [0.1, 0.15) is 5.56 Å². The van der Waals surface area contributed by atoms with Crippen LogP contribution >= 0.6 is 11.6 Å². The molecule has 0 aliphatic rings. The highest BCUT2D eigenvalue weighted by molar-refractivity contribution is 6.35. The van der Waals surface area contributed by atoms with Crippen molar-refractivity contribution < 1.29 is 10.2 Å². The van der Waals surface area contributed by atoms with Crippen LogP contribution in [-0.4, -0.2) is 15.2 Å². The maximum Gasteiger partial charge on any atom is 0.162 e. The first kappa shape index (κ1) is 13.5. The van der Waals surface area contributed by atoms with Gasteiger partial charge in [0.2, 0.25) is 0 Å². The van der Waals surface area contributed by atoms with Gasteiger partial charge >= 0.3 is 0 Å². The van der Waals surface area contributed by atoms with Gasteiger partial charge in [-0.2, -0.15) is 0 Å². The summed E-state index contributed by atoms with van der Waals surface area (Å²) in [7, 11) is 0. The largest absolute Gasteiger partial charge is 0.504 e. The van der Waals surface area contributed by atoms with E-state index in [1.54, 1.807) is 24.4 Å². The Morgan fingerprint density at radius 2 is 1.90 bits per heavy atom. The van der Waals surface area contributed by atoms with Crippen LogP contribution in [0.4, 0.5) is 5.69 Å². The molecular weight excluding hydrogens is 288 g/mol. The zero-order chi connectivity index (χ0) is 14.8. The molecule has 1 heterocycles. The maximum absolute atomic E-state index is 9.81. The summed E-state index contributed by atoms with van der Waals surface area (Å²) in [4.78, 5) is 4.27. The number of nitrogens with zero attached hydrogens (tertiary/aromatic N) is 1. The zero-order valence-electron chi connectivity index (χ0n) is 11.0. The highest BCUT2D eigenvalue weighted by atomic mass is 35.5. The Morgan fingerprint density at radius 1 is 1.05 bits per heavy atom. The molecule has 0 amide bonds. The molecule has 0 fully saturated rings. The number of para-hydroxylation sites is 1. The Hall–Kier alpha value is -2.46. The quantitative estimate of drug-likeness (QED) is 0.642. The van der Waals surface area contributed by atoms with Gasteiger partial charge in [-0.15, -0.1) is 0 Å². The molecule has 0 aliphatic carbocycles. The minimum absolute atomic E-state index is 0.110. The van der Waals surface area contributed by atoms with E-state index in [9.17, 15) is 10.2 Å². The Kier molecular flexibility index (Phi) is 3.54. The van der Waals surface area contributed by atoms with Crippen molar-refractivity contribution >= 4 is 28.2 Å². The average Bonchev–Trinajstić information content (AvgIpc) is 2.51. The molecular formula is C16H13ClN2O2. The number of phenols is 2. The molecule has 0 bridgehead atoms. The van der Waals surface area contributed by atoms with E-state index in [2.05, 4.69) is 10.3 Å². The number of aromatic hydroxyl groups is 2. The smallest absolute Gasteiger partial charge is 0.162 e. The number of nitrogens with one attached hydrogen (secondary N) is 1. The van der Waals surface area contributed by atoms with Gasteiger partial charge < -0.3 is 15.5 Å². The second-order valence-electron chi connectivity index (χ2n) is 4.63. The summed E-state index contributed by atoms with van der Waals surface area (Å²) in [5.74, 6) is -0.238. The molecule has 21 heavy (non-hydrogen) atoms. The number of hydrogen-bond acceptors (Lipinski definition) is 4. The van der Waals surface area contributed by atoms with E-state index in [0.717, 1.165) is 16.6 Å². The predicted molar refractivity (Wildman–Crippen MR) is 83.9 cm³/mol. The molecule has 1 aromatic heterocycles. The fourth-order valence-corrected chi connectivity index (χ4v) is 2.42. The summed E-state index contributed by atoms with van der Waals surface area (Å²) in [6.07, 6.45) is 1.69. The topological polar surface area (TPSA) is 65.4 Å². The van der Waals surface area contributed by atoms with Crippen LogP contribution in [0.15, 0.2) is 48.7 Å². The highest BCUT2D eigenvalue weighted by Gasteiger charge is 2.08. The molecule has 2 aromatic carbocycles. The summed E-state index contributed by atoms with van der Waals surface area (Å²) < 4.78 is 0. The monoisotopic (exact) mass is 300 g/mol. The maximum atomic E-state index is 9.81. The minimum atomic E-state index is -0.128. The molecule has 3 N–H and O–H groups in total. The van der Waals surface area contributed by atoms with Crippen molar-refractivity contribution in [3.8, 4) is 11.5 Å². The van der Waals surface area contributed by atoms with Crippen molar-refractivity contribution in [1.29, 1.82) is 0 Å². The molecule has 3 rings (SSSR count). The zero-order valence-corrected chi connectivity index (χ0v) is 11.8. The van der Waals surface area contributed by atoms with Crippen molar-refractivity contribution in [2.45, 2.75) is 6.54 Å². The van der Waals surface area contributed by atoms with E-state index in [0.29, 0.717) is 17.1 Å². The van der Waals surface area contributed by atoms with Gasteiger partial charge in [0.25, 0.3) is 0 Å². The molecule has 0 saturated heterocycles. The number of phenolic OH excluding ortho intramolecular Hbond substituents is 2. The van der Waals surface area contributed by atoms with Crippen molar-refractivity contribution in [2.24, 2.45) is 0 Å². The lowest BCUT2D eigenvalue weighted by Crippen LogP contribution is -2.00. The van der Waals surface area contributed by atoms with Crippen LogP contribution < -0.4 is 5.32 Å². The van der Waals surface area contributed by atoms with Crippen molar-refractivity contribution in [3.05, 3.63) is 59.2 Å². The van der Waals surface area contributed by atoms with E-state index in [1.807, 2.05) is 18.2 Å². The summed E-state index contributed by atoms with van der Waals surface area (Å²) in [6, 6.07) is 12.3. The van der Waals surface area contributed by atoms with E-state index in [4.69, 9.17) is 11.6 Å². The third-order valence-electron chi connectivity index (χ3n) is 3.29. The summed E-state index contributed by atoms with van der Waals surface area (Å²) in [5, 5.41) is 24.0. The van der Waals surface area contributed by atoms with Gasteiger partial charge in [-0.05, 0) is 30.3 Å². The van der Waals surface area contributed by atoms with Gasteiger partial charge in [0.1, 0.15) is 0 Å². The van der Waals surface area contributed by atoms with Crippen LogP contribution in [-0.2, 0) is 6.54 Å². The summed E-state index contributed by atoms with van der Waals surface area (Å²) >= 11 is 6.13. The van der Waals surface area contributed by atoms with Gasteiger partial charge in [-0.25, -0.2) is 0 Å². The van der Waals surface area contributed by atoms with Crippen molar-refractivity contribution in [1.82, 2.24) is 4.98 Å². The third-order valence-corrected chi connectivity index (χ3v) is 3.59.